The van der Waals surface area contributed by atoms with E-state index in [2.05, 4.69) is 10.3 Å². The van der Waals surface area contributed by atoms with Crippen molar-refractivity contribution in [1.29, 1.82) is 10.5 Å². The fourth-order valence-electron chi connectivity index (χ4n) is 3.20. The van der Waals surface area contributed by atoms with Gasteiger partial charge in [-0.05, 0) is 58.0 Å². The summed E-state index contributed by atoms with van der Waals surface area (Å²) >= 11 is 0. The normalized spacial score (nSPS) is 12.0. The minimum absolute atomic E-state index is 0.000676. The summed E-state index contributed by atoms with van der Waals surface area (Å²) in [5.74, 6) is -0.642. The van der Waals surface area contributed by atoms with Crippen LogP contribution in [0.2, 0.25) is 0 Å². The molecule has 1 unspecified atom stereocenters. The van der Waals surface area contributed by atoms with Crippen LogP contribution in [0.5, 0.6) is 0 Å². The second-order valence-corrected chi connectivity index (χ2v) is 8.10. The molecule has 0 saturated carbocycles. The van der Waals surface area contributed by atoms with Crippen LogP contribution in [-0.4, -0.2) is 21.2 Å². The van der Waals surface area contributed by atoms with Crippen molar-refractivity contribution in [2.45, 2.75) is 39.3 Å². The summed E-state index contributed by atoms with van der Waals surface area (Å²) in [6, 6.07) is 11.0. The first-order chi connectivity index (χ1) is 15.0. The molecule has 9 heteroatoms. The molecule has 1 amide bonds. The standard InChI is InChI=1S/C23H20FN5O3/c1-13(27-22(31)32-23(2,3)4)20-28-18-7-5-6-15(12-26)19(18)21(30)29(20)17-9-14(11-25)8-16(24)10-17/h5-10,13H,1-4H3,(H,27,31). The van der Waals surface area contributed by atoms with E-state index in [0.717, 1.165) is 16.7 Å². The van der Waals surface area contributed by atoms with Crippen molar-refractivity contribution in [3.8, 4) is 17.8 Å². The number of hydrogen-bond acceptors (Lipinski definition) is 6. The molecule has 1 aromatic heterocycles. The van der Waals surface area contributed by atoms with Gasteiger partial charge in [-0.2, -0.15) is 10.5 Å². The molecular formula is C23H20FN5O3. The summed E-state index contributed by atoms with van der Waals surface area (Å²) < 4.78 is 20.6. The topological polar surface area (TPSA) is 121 Å². The Kier molecular flexibility index (Phi) is 5.95. The van der Waals surface area contributed by atoms with Crippen molar-refractivity contribution in [2.75, 3.05) is 0 Å². The van der Waals surface area contributed by atoms with Crippen LogP contribution in [0.4, 0.5) is 9.18 Å². The van der Waals surface area contributed by atoms with E-state index >= 15 is 0 Å². The second kappa shape index (κ2) is 8.48. The van der Waals surface area contributed by atoms with Gasteiger partial charge in [0, 0.05) is 0 Å². The molecule has 0 bridgehead atoms. The van der Waals surface area contributed by atoms with Crippen molar-refractivity contribution >= 4 is 17.0 Å². The van der Waals surface area contributed by atoms with Gasteiger partial charge in [-0.3, -0.25) is 9.36 Å². The minimum Gasteiger partial charge on any atom is -0.444 e. The number of benzene rings is 2. The summed E-state index contributed by atoms with van der Waals surface area (Å²) in [7, 11) is 0. The fourth-order valence-corrected chi connectivity index (χ4v) is 3.20. The number of carbonyl (C=O) groups excluding carboxylic acids is 1. The van der Waals surface area contributed by atoms with Crippen LogP contribution in [0.25, 0.3) is 16.6 Å². The van der Waals surface area contributed by atoms with Crippen LogP contribution in [0.1, 0.15) is 50.7 Å². The zero-order valence-corrected chi connectivity index (χ0v) is 17.9. The van der Waals surface area contributed by atoms with Gasteiger partial charge in [0.15, 0.2) is 0 Å². The van der Waals surface area contributed by atoms with E-state index in [4.69, 9.17) is 4.74 Å². The number of nitrogens with zero attached hydrogens (tertiary/aromatic N) is 4. The van der Waals surface area contributed by atoms with Gasteiger partial charge in [0.05, 0.1) is 39.8 Å². The predicted molar refractivity (Wildman–Crippen MR) is 115 cm³/mol. The minimum atomic E-state index is -0.832. The second-order valence-electron chi connectivity index (χ2n) is 8.10. The number of amides is 1. The number of ether oxygens (including phenoxy) is 1. The number of carbonyl (C=O) groups is 1. The lowest BCUT2D eigenvalue weighted by molar-refractivity contribution is 0.0505. The molecule has 162 valence electrons. The Bertz CT molecular complexity index is 1360. The van der Waals surface area contributed by atoms with Crippen molar-refractivity contribution in [2.24, 2.45) is 0 Å². The molecule has 1 heterocycles. The molecule has 0 radical (unpaired) electrons. The number of halogens is 1. The largest absolute Gasteiger partial charge is 0.444 e. The molecule has 0 saturated heterocycles. The Morgan fingerprint density at radius 1 is 1.22 bits per heavy atom. The van der Waals surface area contributed by atoms with Gasteiger partial charge in [0.25, 0.3) is 5.56 Å². The summed E-state index contributed by atoms with van der Waals surface area (Å²) in [5.41, 5.74) is -0.984. The number of hydrogen-bond donors (Lipinski definition) is 1. The molecule has 0 aliphatic rings. The lowest BCUT2D eigenvalue weighted by atomic mass is 10.1. The lowest BCUT2D eigenvalue weighted by Crippen LogP contribution is -2.37. The summed E-state index contributed by atoms with van der Waals surface area (Å²) in [5, 5.41) is 21.3. The molecule has 1 atom stereocenters. The molecule has 2 aromatic carbocycles. The third-order valence-electron chi connectivity index (χ3n) is 4.43. The molecule has 0 aliphatic heterocycles. The molecule has 0 aliphatic carbocycles. The van der Waals surface area contributed by atoms with E-state index in [-0.39, 0.29) is 33.5 Å². The van der Waals surface area contributed by atoms with Crippen molar-refractivity contribution in [1.82, 2.24) is 14.9 Å². The van der Waals surface area contributed by atoms with Crippen LogP contribution in [0.3, 0.4) is 0 Å². The lowest BCUT2D eigenvalue weighted by Gasteiger charge is -2.23. The summed E-state index contributed by atoms with van der Waals surface area (Å²) in [6.45, 7) is 6.72. The van der Waals surface area contributed by atoms with Crippen molar-refractivity contribution in [3.05, 3.63) is 69.5 Å². The van der Waals surface area contributed by atoms with Gasteiger partial charge >= 0.3 is 6.09 Å². The van der Waals surface area contributed by atoms with Crippen LogP contribution in [-0.2, 0) is 4.74 Å². The van der Waals surface area contributed by atoms with E-state index < -0.39 is 29.1 Å². The third-order valence-corrected chi connectivity index (χ3v) is 4.43. The van der Waals surface area contributed by atoms with Gasteiger partial charge in [-0.25, -0.2) is 14.2 Å². The Morgan fingerprint density at radius 3 is 2.56 bits per heavy atom. The fraction of sp³-hybridized carbons (Fsp3) is 0.261. The van der Waals surface area contributed by atoms with Crippen LogP contribution < -0.4 is 10.9 Å². The van der Waals surface area contributed by atoms with Gasteiger partial charge in [-0.1, -0.05) is 6.07 Å². The average molecular weight is 433 g/mol. The Balaban J connectivity index is 2.28. The predicted octanol–water partition coefficient (Wildman–Crippen LogP) is 3.85. The zero-order valence-electron chi connectivity index (χ0n) is 17.9. The monoisotopic (exact) mass is 433 g/mol. The number of nitrogens with one attached hydrogen (secondary N) is 1. The Labute approximate surface area is 183 Å². The van der Waals surface area contributed by atoms with Crippen LogP contribution in [0, 0.1) is 28.5 Å². The summed E-state index contributed by atoms with van der Waals surface area (Å²) in [6.07, 6.45) is -0.728. The van der Waals surface area contributed by atoms with Gasteiger partial charge < -0.3 is 10.1 Å². The molecule has 32 heavy (non-hydrogen) atoms. The Hall–Kier alpha value is -4.24. The highest BCUT2D eigenvalue weighted by Gasteiger charge is 2.24. The molecule has 1 N–H and O–H groups in total. The van der Waals surface area contributed by atoms with E-state index in [1.807, 2.05) is 12.1 Å². The molecule has 3 aromatic rings. The van der Waals surface area contributed by atoms with Crippen molar-refractivity contribution < 1.29 is 13.9 Å². The molecule has 8 nitrogen and oxygen atoms in total. The van der Waals surface area contributed by atoms with Gasteiger partial charge in [0.1, 0.15) is 23.3 Å². The first kappa shape index (κ1) is 22.4. The van der Waals surface area contributed by atoms with E-state index in [1.165, 1.54) is 12.1 Å². The average Bonchev–Trinajstić information content (AvgIpc) is 2.70. The quantitative estimate of drug-likeness (QED) is 0.670. The Morgan fingerprint density at radius 2 is 1.94 bits per heavy atom. The SMILES string of the molecule is CC(NC(=O)OC(C)(C)C)c1nc2cccc(C#N)c2c(=O)n1-c1cc(F)cc(C#N)c1. The number of aromatic nitrogens is 2. The van der Waals surface area contributed by atoms with E-state index in [0.29, 0.717) is 0 Å². The molecular weight excluding hydrogens is 413 g/mol. The third kappa shape index (κ3) is 4.57. The van der Waals surface area contributed by atoms with Gasteiger partial charge in [0.2, 0.25) is 0 Å². The molecule has 0 spiro atoms. The molecule has 3 rings (SSSR count). The van der Waals surface area contributed by atoms with Crippen LogP contribution in [0.15, 0.2) is 41.2 Å². The highest BCUT2D eigenvalue weighted by molar-refractivity contribution is 5.84. The first-order valence-corrected chi connectivity index (χ1v) is 9.70. The van der Waals surface area contributed by atoms with Gasteiger partial charge in [-0.15, -0.1) is 0 Å². The van der Waals surface area contributed by atoms with Crippen LogP contribution >= 0.6 is 0 Å². The summed E-state index contributed by atoms with van der Waals surface area (Å²) in [4.78, 5) is 30.3. The maximum absolute atomic E-state index is 14.2. The highest BCUT2D eigenvalue weighted by atomic mass is 19.1. The maximum Gasteiger partial charge on any atom is 0.408 e. The number of rotatable bonds is 3. The van der Waals surface area contributed by atoms with E-state index in [9.17, 15) is 24.5 Å². The number of fused-ring (bicyclic) bond motifs is 1. The smallest absolute Gasteiger partial charge is 0.408 e. The highest BCUT2D eigenvalue weighted by Crippen LogP contribution is 2.22. The number of alkyl carbamates (subject to hydrolysis) is 1. The number of nitriles is 2. The zero-order chi connectivity index (χ0) is 23.6. The van der Waals surface area contributed by atoms with Crippen molar-refractivity contribution in [3.63, 3.8) is 0 Å². The first-order valence-electron chi connectivity index (χ1n) is 9.70. The molecule has 0 fully saturated rings. The van der Waals surface area contributed by atoms with E-state index in [1.54, 1.807) is 39.8 Å². The maximum atomic E-state index is 14.2.